The van der Waals surface area contributed by atoms with Crippen LogP contribution in [0.25, 0.3) is 11.0 Å². The van der Waals surface area contributed by atoms with Crippen molar-refractivity contribution in [1.82, 2.24) is 9.55 Å². The number of carbonyl (C=O) groups is 1. The molecule has 0 saturated carbocycles. The zero-order valence-corrected chi connectivity index (χ0v) is 14.9. The number of hydrogen-bond donors (Lipinski definition) is 2. The van der Waals surface area contributed by atoms with E-state index in [9.17, 15) is 14.3 Å². The van der Waals surface area contributed by atoms with Crippen molar-refractivity contribution in [2.24, 2.45) is 0 Å². The van der Waals surface area contributed by atoms with Crippen LogP contribution in [0.3, 0.4) is 0 Å². The molecule has 0 aliphatic carbocycles. The zero-order valence-electron chi connectivity index (χ0n) is 12.8. The summed E-state index contributed by atoms with van der Waals surface area (Å²) in [7, 11) is 0. The molecule has 0 aliphatic rings. The lowest BCUT2D eigenvalue weighted by atomic mass is 10.1. The number of hydrogen-bond acceptors (Lipinski definition) is 3. The van der Waals surface area contributed by atoms with E-state index in [1.165, 1.54) is 29.1 Å². The Morgan fingerprint density at radius 3 is 2.80 bits per heavy atom. The van der Waals surface area contributed by atoms with Crippen molar-refractivity contribution in [3.63, 3.8) is 0 Å². The lowest BCUT2D eigenvalue weighted by Gasteiger charge is -2.13. The number of nitrogens with zero attached hydrogens (tertiary/aromatic N) is 2. The van der Waals surface area contributed by atoms with Crippen molar-refractivity contribution in [3.05, 3.63) is 64.0 Å². The fraction of sp³-hybridized carbons (Fsp3) is 0.0588. The Balaban J connectivity index is 2.21. The van der Waals surface area contributed by atoms with Gasteiger partial charge in [0.2, 0.25) is 0 Å². The second kappa shape index (κ2) is 6.79. The Labute approximate surface area is 155 Å². The summed E-state index contributed by atoms with van der Waals surface area (Å²) in [4.78, 5) is 15.6. The topological polar surface area (TPSA) is 67.2 Å². The van der Waals surface area contributed by atoms with E-state index in [4.69, 9.17) is 0 Å². The molecule has 0 bridgehead atoms. The summed E-state index contributed by atoms with van der Waals surface area (Å²) in [6, 6.07) is 5.58. The van der Waals surface area contributed by atoms with Gasteiger partial charge in [0.25, 0.3) is 0 Å². The number of halogens is 3. The molecule has 3 rings (SSSR count). The number of imidazole rings is 1. The summed E-state index contributed by atoms with van der Waals surface area (Å²) in [6.07, 6.45) is 2.97. The van der Waals surface area contributed by atoms with Crippen molar-refractivity contribution >= 4 is 51.0 Å². The maximum absolute atomic E-state index is 15.1. The Bertz CT molecular complexity index is 1000. The number of carboxylic acid groups (broad SMARTS) is 1. The van der Waals surface area contributed by atoms with Gasteiger partial charge in [-0.2, -0.15) is 0 Å². The summed E-state index contributed by atoms with van der Waals surface area (Å²) < 4.78 is 31.3. The second-order valence-corrected chi connectivity index (χ2v) is 6.47. The number of benzene rings is 2. The summed E-state index contributed by atoms with van der Waals surface area (Å²) in [5.74, 6) is -2.76. The van der Waals surface area contributed by atoms with Crippen LogP contribution >= 0.6 is 22.6 Å². The van der Waals surface area contributed by atoms with Gasteiger partial charge in [-0.3, -0.25) is 0 Å². The van der Waals surface area contributed by atoms with Crippen LogP contribution in [0.15, 0.2) is 43.2 Å². The van der Waals surface area contributed by atoms with Gasteiger partial charge in [0.05, 0.1) is 28.8 Å². The van der Waals surface area contributed by atoms with E-state index in [-0.39, 0.29) is 28.0 Å². The molecule has 1 aromatic heterocycles. The predicted octanol–water partition coefficient (Wildman–Crippen LogP) is 4.55. The molecule has 0 spiro atoms. The number of anilines is 2. The van der Waals surface area contributed by atoms with Gasteiger partial charge in [0, 0.05) is 10.1 Å². The first-order valence-electron chi connectivity index (χ1n) is 7.16. The highest BCUT2D eigenvalue weighted by molar-refractivity contribution is 14.1. The molecule has 1 heterocycles. The van der Waals surface area contributed by atoms with E-state index >= 15 is 4.39 Å². The Morgan fingerprint density at radius 2 is 2.16 bits per heavy atom. The lowest BCUT2D eigenvalue weighted by molar-refractivity contribution is 0.0697. The number of fused-ring (bicyclic) bond motifs is 1. The summed E-state index contributed by atoms with van der Waals surface area (Å²) in [5, 5.41) is 12.0. The van der Waals surface area contributed by atoms with Gasteiger partial charge in [-0.15, -0.1) is 6.58 Å². The van der Waals surface area contributed by atoms with Gasteiger partial charge in [-0.25, -0.2) is 18.6 Å². The molecule has 5 nitrogen and oxygen atoms in total. The third-order valence-electron chi connectivity index (χ3n) is 3.59. The van der Waals surface area contributed by atoms with Gasteiger partial charge in [0.1, 0.15) is 11.3 Å². The van der Waals surface area contributed by atoms with Gasteiger partial charge >= 0.3 is 5.97 Å². The fourth-order valence-corrected chi connectivity index (χ4v) is 2.93. The molecule has 0 unspecified atom stereocenters. The number of nitrogens with one attached hydrogen (secondary N) is 1. The molecule has 0 aliphatic heterocycles. The van der Waals surface area contributed by atoms with Crippen LogP contribution in [-0.4, -0.2) is 20.6 Å². The number of carboxylic acids is 1. The van der Waals surface area contributed by atoms with Crippen molar-refractivity contribution in [2.75, 3.05) is 5.32 Å². The lowest BCUT2D eigenvalue weighted by Crippen LogP contribution is -2.08. The van der Waals surface area contributed by atoms with Gasteiger partial charge in [-0.1, -0.05) is 6.08 Å². The summed E-state index contributed by atoms with van der Waals surface area (Å²) in [6.45, 7) is 3.90. The van der Waals surface area contributed by atoms with Crippen molar-refractivity contribution in [2.45, 2.75) is 6.54 Å². The highest BCUT2D eigenvalue weighted by Crippen LogP contribution is 2.32. The number of aromatic nitrogens is 2. The van der Waals surface area contributed by atoms with Crippen molar-refractivity contribution < 1.29 is 18.7 Å². The third kappa shape index (κ3) is 3.21. The third-order valence-corrected chi connectivity index (χ3v) is 4.26. The Kier molecular flexibility index (Phi) is 4.71. The van der Waals surface area contributed by atoms with Crippen LogP contribution in [0, 0.1) is 15.2 Å². The van der Waals surface area contributed by atoms with Crippen LogP contribution < -0.4 is 5.32 Å². The van der Waals surface area contributed by atoms with E-state index in [0.717, 1.165) is 0 Å². The first-order valence-corrected chi connectivity index (χ1v) is 8.24. The standard InChI is InChI=1S/C17H12F2IN3O2/c1-2-5-23-8-21-13-7-10(17(24)25)15(14(19)16(13)23)22-12-4-3-9(20)6-11(12)18/h2-4,6-8,22H,1,5H2,(H,24,25). The summed E-state index contributed by atoms with van der Waals surface area (Å²) >= 11 is 1.94. The molecule has 8 heteroatoms. The largest absolute Gasteiger partial charge is 0.478 e. The maximum Gasteiger partial charge on any atom is 0.338 e. The number of rotatable bonds is 5. The first kappa shape index (κ1) is 17.3. The number of allylic oxidation sites excluding steroid dienone is 1. The molecule has 128 valence electrons. The molecule has 0 atom stereocenters. The Hall–Kier alpha value is -2.49. The van der Waals surface area contributed by atoms with Crippen LogP contribution in [-0.2, 0) is 6.54 Å². The quantitative estimate of drug-likeness (QED) is 0.438. The zero-order chi connectivity index (χ0) is 18.1. The molecule has 25 heavy (non-hydrogen) atoms. The normalized spacial score (nSPS) is 10.8. The summed E-state index contributed by atoms with van der Waals surface area (Å²) in [5.41, 5.74) is -0.336. The highest BCUT2D eigenvalue weighted by Gasteiger charge is 2.22. The highest BCUT2D eigenvalue weighted by atomic mass is 127. The van der Waals surface area contributed by atoms with Gasteiger partial charge in [-0.05, 0) is 46.9 Å². The second-order valence-electron chi connectivity index (χ2n) is 5.22. The SMILES string of the molecule is C=CCn1cnc2cc(C(=O)O)c(Nc3ccc(I)cc3F)c(F)c21. The molecule has 2 aromatic carbocycles. The first-order chi connectivity index (χ1) is 11.9. The fourth-order valence-electron chi connectivity index (χ4n) is 2.48. The smallest absolute Gasteiger partial charge is 0.338 e. The van der Waals surface area contributed by atoms with E-state index < -0.39 is 17.6 Å². The molecular formula is C17H12F2IN3O2. The molecule has 0 saturated heterocycles. The van der Waals surface area contributed by atoms with Crippen LogP contribution in [0.5, 0.6) is 0 Å². The van der Waals surface area contributed by atoms with Gasteiger partial charge < -0.3 is 15.0 Å². The van der Waals surface area contributed by atoms with E-state index in [2.05, 4.69) is 16.9 Å². The van der Waals surface area contributed by atoms with Crippen molar-refractivity contribution in [1.29, 1.82) is 0 Å². The Morgan fingerprint density at radius 1 is 1.40 bits per heavy atom. The minimum Gasteiger partial charge on any atom is -0.478 e. The maximum atomic E-state index is 15.1. The predicted molar refractivity (Wildman–Crippen MR) is 99.2 cm³/mol. The molecule has 0 amide bonds. The molecule has 3 aromatic rings. The van der Waals surface area contributed by atoms with Crippen LogP contribution in [0.1, 0.15) is 10.4 Å². The van der Waals surface area contributed by atoms with Crippen LogP contribution in [0.4, 0.5) is 20.2 Å². The number of aromatic carboxylic acids is 1. The minimum absolute atomic E-state index is 0.0176. The molecule has 0 fully saturated rings. The minimum atomic E-state index is -1.34. The van der Waals surface area contributed by atoms with E-state index in [1.54, 1.807) is 12.1 Å². The molecule has 0 radical (unpaired) electrons. The van der Waals surface area contributed by atoms with E-state index in [1.807, 2.05) is 22.6 Å². The van der Waals surface area contributed by atoms with Gasteiger partial charge in [0.15, 0.2) is 5.82 Å². The van der Waals surface area contributed by atoms with Crippen LogP contribution in [0.2, 0.25) is 0 Å². The molecular weight excluding hydrogens is 443 g/mol. The van der Waals surface area contributed by atoms with Crippen molar-refractivity contribution in [3.8, 4) is 0 Å². The average Bonchev–Trinajstić information content (AvgIpc) is 2.95. The molecule has 2 N–H and O–H groups in total. The monoisotopic (exact) mass is 455 g/mol. The average molecular weight is 455 g/mol. The van der Waals surface area contributed by atoms with E-state index in [0.29, 0.717) is 10.1 Å².